The molecule has 0 aliphatic carbocycles. The summed E-state index contributed by atoms with van der Waals surface area (Å²) in [4.78, 5) is 5.68. The molecule has 5 nitrogen and oxygen atoms in total. The number of halogens is 3. The molecular weight excluding hydrogens is 301 g/mol. The van der Waals surface area contributed by atoms with Crippen LogP contribution in [-0.2, 0) is 22.2 Å². The normalized spacial score (nSPS) is 12.1. The van der Waals surface area contributed by atoms with E-state index in [1.54, 1.807) is 7.11 Å². The second-order valence-corrected chi connectivity index (χ2v) is 4.64. The van der Waals surface area contributed by atoms with Gasteiger partial charge in [0.25, 0.3) is 0 Å². The van der Waals surface area contributed by atoms with Crippen molar-refractivity contribution in [2.75, 3.05) is 46.6 Å². The molecule has 0 aliphatic rings. The zero-order valence-electron chi connectivity index (χ0n) is 12.5. The second-order valence-electron chi connectivity index (χ2n) is 4.64. The lowest BCUT2D eigenvalue weighted by Gasteiger charge is -2.21. The third kappa shape index (κ3) is 7.17. The SMILES string of the molecule is COCCOCCN(CCO)Cc1ccc(C(F)(F)F)cn1. The molecule has 0 amide bonds. The Hall–Kier alpha value is -1.22. The van der Waals surface area contributed by atoms with Crippen molar-refractivity contribution in [1.82, 2.24) is 9.88 Å². The van der Waals surface area contributed by atoms with Gasteiger partial charge in [0.1, 0.15) is 0 Å². The van der Waals surface area contributed by atoms with Crippen LogP contribution in [0.5, 0.6) is 0 Å². The molecule has 0 atom stereocenters. The Labute approximate surface area is 127 Å². The Morgan fingerprint density at radius 1 is 1.18 bits per heavy atom. The molecule has 0 saturated carbocycles. The number of pyridine rings is 1. The summed E-state index contributed by atoms with van der Waals surface area (Å²) in [6.45, 7) is 2.68. The average molecular weight is 322 g/mol. The molecule has 0 aromatic carbocycles. The quantitative estimate of drug-likeness (QED) is 0.663. The highest BCUT2D eigenvalue weighted by Crippen LogP contribution is 2.28. The van der Waals surface area contributed by atoms with Crippen molar-refractivity contribution in [2.45, 2.75) is 12.7 Å². The maximum Gasteiger partial charge on any atom is 0.417 e. The van der Waals surface area contributed by atoms with Crippen molar-refractivity contribution in [3.05, 3.63) is 29.6 Å². The van der Waals surface area contributed by atoms with Gasteiger partial charge in [0.2, 0.25) is 0 Å². The standard InChI is InChI=1S/C14H21F3N2O3/c1-21-8-9-22-7-5-19(4-6-20)11-13-3-2-12(10-18-13)14(15,16)17/h2-3,10,20H,4-9,11H2,1H3. The number of aromatic nitrogens is 1. The van der Waals surface area contributed by atoms with Crippen molar-refractivity contribution >= 4 is 0 Å². The molecule has 1 aromatic heterocycles. The van der Waals surface area contributed by atoms with Crippen LogP contribution in [0, 0.1) is 0 Å². The number of aliphatic hydroxyl groups is 1. The molecular formula is C14H21F3N2O3. The van der Waals surface area contributed by atoms with Gasteiger partial charge in [-0.1, -0.05) is 0 Å². The maximum atomic E-state index is 12.5. The zero-order chi connectivity index (χ0) is 16.4. The summed E-state index contributed by atoms with van der Waals surface area (Å²) < 4.78 is 47.6. The van der Waals surface area contributed by atoms with Crippen LogP contribution in [-0.4, -0.2) is 61.6 Å². The number of methoxy groups -OCH3 is 1. The Morgan fingerprint density at radius 2 is 1.95 bits per heavy atom. The van der Waals surface area contributed by atoms with E-state index >= 15 is 0 Å². The van der Waals surface area contributed by atoms with E-state index < -0.39 is 11.7 Å². The molecule has 0 aliphatic heterocycles. The maximum absolute atomic E-state index is 12.5. The summed E-state index contributed by atoms with van der Waals surface area (Å²) in [5, 5.41) is 9.03. The van der Waals surface area contributed by atoms with Crippen LogP contribution in [0.1, 0.15) is 11.3 Å². The van der Waals surface area contributed by atoms with Gasteiger partial charge in [-0.05, 0) is 12.1 Å². The second kappa shape index (κ2) is 9.73. The van der Waals surface area contributed by atoms with Crippen LogP contribution in [0.3, 0.4) is 0 Å². The van der Waals surface area contributed by atoms with Gasteiger partial charge in [0.15, 0.2) is 0 Å². The third-order valence-electron chi connectivity index (χ3n) is 2.94. The van der Waals surface area contributed by atoms with Gasteiger partial charge in [-0.2, -0.15) is 13.2 Å². The molecule has 0 fully saturated rings. The van der Waals surface area contributed by atoms with E-state index in [1.165, 1.54) is 6.07 Å². The Bertz CT molecular complexity index is 413. The number of ether oxygens (including phenoxy) is 2. The van der Waals surface area contributed by atoms with E-state index in [4.69, 9.17) is 14.6 Å². The van der Waals surface area contributed by atoms with Crippen LogP contribution < -0.4 is 0 Å². The smallest absolute Gasteiger partial charge is 0.395 e. The lowest BCUT2D eigenvalue weighted by molar-refractivity contribution is -0.137. The van der Waals surface area contributed by atoms with Crippen LogP contribution in [0.4, 0.5) is 13.2 Å². The summed E-state index contributed by atoms with van der Waals surface area (Å²) in [5.41, 5.74) is -0.258. The highest BCUT2D eigenvalue weighted by Gasteiger charge is 2.30. The van der Waals surface area contributed by atoms with Gasteiger partial charge >= 0.3 is 6.18 Å². The number of hydrogen-bond donors (Lipinski definition) is 1. The molecule has 0 bridgehead atoms. The first-order chi connectivity index (χ1) is 10.5. The Balaban J connectivity index is 2.48. The van der Waals surface area contributed by atoms with Crippen molar-refractivity contribution in [3.8, 4) is 0 Å². The van der Waals surface area contributed by atoms with Gasteiger partial charge in [-0.15, -0.1) is 0 Å². The highest BCUT2D eigenvalue weighted by atomic mass is 19.4. The number of hydrogen-bond acceptors (Lipinski definition) is 5. The van der Waals surface area contributed by atoms with Crippen molar-refractivity contribution in [3.63, 3.8) is 0 Å². The molecule has 1 aromatic rings. The molecule has 22 heavy (non-hydrogen) atoms. The highest BCUT2D eigenvalue weighted by molar-refractivity contribution is 5.16. The first-order valence-electron chi connectivity index (χ1n) is 6.89. The number of nitrogens with zero attached hydrogens (tertiary/aromatic N) is 2. The Morgan fingerprint density at radius 3 is 2.50 bits per heavy atom. The van der Waals surface area contributed by atoms with Gasteiger partial charge in [0, 0.05) is 32.9 Å². The fourth-order valence-electron chi connectivity index (χ4n) is 1.76. The average Bonchev–Trinajstić information content (AvgIpc) is 2.47. The molecule has 1 rings (SSSR count). The van der Waals surface area contributed by atoms with Crippen LogP contribution in [0.15, 0.2) is 18.3 Å². The summed E-state index contributed by atoms with van der Waals surface area (Å²) in [5.74, 6) is 0. The largest absolute Gasteiger partial charge is 0.417 e. The first kappa shape index (κ1) is 18.8. The third-order valence-corrected chi connectivity index (χ3v) is 2.94. The fourth-order valence-corrected chi connectivity index (χ4v) is 1.76. The first-order valence-corrected chi connectivity index (χ1v) is 6.89. The van der Waals surface area contributed by atoms with Crippen molar-refractivity contribution < 1.29 is 27.8 Å². The van der Waals surface area contributed by atoms with Crippen LogP contribution in [0.25, 0.3) is 0 Å². The van der Waals surface area contributed by atoms with E-state index in [0.717, 1.165) is 12.3 Å². The predicted octanol–water partition coefficient (Wildman–Crippen LogP) is 1.56. The van der Waals surface area contributed by atoms with Crippen LogP contribution >= 0.6 is 0 Å². The molecule has 0 saturated heterocycles. The summed E-state index contributed by atoms with van der Waals surface area (Å²) in [7, 11) is 1.58. The van der Waals surface area contributed by atoms with E-state index in [9.17, 15) is 13.2 Å². The minimum Gasteiger partial charge on any atom is -0.395 e. The van der Waals surface area contributed by atoms with Gasteiger partial charge in [0.05, 0.1) is 37.7 Å². The molecule has 1 heterocycles. The molecule has 0 radical (unpaired) electrons. The Kier molecular flexibility index (Phi) is 8.32. The van der Waals surface area contributed by atoms with Crippen LogP contribution in [0.2, 0.25) is 0 Å². The molecule has 0 spiro atoms. The minimum atomic E-state index is -4.38. The monoisotopic (exact) mass is 322 g/mol. The van der Waals surface area contributed by atoms with Crippen molar-refractivity contribution in [2.24, 2.45) is 0 Å². The molecule has 1 N–H and O–H groups in total. The molecule has 0 unspecified atom stereocenters. The summed E-state index contributed by atoms with van der Waals surface area (Å²) in [6, 6.07) is 2.35. The predicted molar refractivity (Wildman–Crippen MR) is 74.3 cm³/mol. The lowest BCUT2D eigenvalue weighted by Crippen LogP contribution is -2.30. The van der Waals surface area contributed by atoms with Crippen molar-refractivity contribution in [1.29, 1.82) is 0 Å². The lowest BCUT2D eigenvalue weighted by atomic mass is 10.2. The topological polar surface area (TPSA) is 54.8 Å². The molecule has 126 valence electrons. The van der Waals surface area contributed by atoms with E-state index in [2.05, 4.69) is 4.98 Å². The number of aliphatic hydroxyl groups excluding tert-OH is 1. The molecule has 8 heteroatoms. The number of rotatable bonds is 10. The number of alkyl halides is 3. The van der Waals surface area contributed by atoms with E-state index in [0.29, 0.717) is 45.1 Å². The summed E-state index contributed by atoms with van der Waals surface area (Å²) >= 11 is 0. The van der Waals surface area contributed by atoms with Gasteiger partial charge in [-0.3, -0.25) is 9.88 Å². The van der Waals surface area contributed by atoms with Gasteiger partial charge < -0.3 is 14.6 Å². The van der Waals surface area contributed by atoms with E-state index in [1.807, 2.05) is 4.90 Å². The fraction of sp³-hybridized carbons (Fsp3) is 0.643. The van der Waals surface area contributed by atoms with Gasteiger partial charge in [-0.25, -0.2) is 0 Å². The van der Waals surface area contributed by atoms with E-state index in [-0.39, 0.29) is 6.61 Å². The zero-order valence-corrected chi connectivity index (χ0v) is 12.5. The minimum absolute atomic E-state index is 0.0430. The summed E-state index contributed by atoms with van der Waals surface area (Å²) in [6.07, 6.45) is -3.56.